The highest BCUT2D eigenvalue weighted by atomic mass is 32.1. The summed E-state index contributed by atoms with van der Waals surface area (Å²) in [5.74, 6) is 0. The maximum atomic E-state index is 6.07. The lowest BCUT2D eigenvalue weighted by Crippen LogP contribution is -2.55. The van der Waals surface area contributed by atoms with Gasteiger partial charge in [-0.25, -0.2) is 0 Å². The lowest BCUT2D eigenvalue weighted by Gasteiger charge is -2.44. The molecule has 1 spiro atoms. The SMILES string of the molecule is c1cc([C@H]2CCCO2)sc1CN1CCC2(CC1)CNCCO2. The van der Waals surface area contributed by atoms with Crippen molar-refractivity contribution >= 4 is 11.3 Å². The van der Waals surface area contributed by atoms with Crippen molar-refractivity contribution < 1.29 is 9.47 Å². The molecule has 1 aromatic heterocycles. The van der Waals surface area contributed by atoms with Gasteiger partial charge in [0.1, 0.15) is 0 Å². The van der Waals surface area contributed by atoms with Crippen LogP contribution in [0, 0.1) is 0 Å². The Labute approximate surface area is 136 Å². The van der Waals surface area contributed by atoms with E-state index in [9.17, 15) is 0 Å². The molecule has 0 aliphatic carbocycles. The third kappa shape index (κ3) is 3.24. The van der Waals surface area contributed by atoms with Gasteiger partial charge >= 0.3 is 0 Å². The number of hydrogen-bond acceptors (Lipinski definition) is 5. The second kappa shape index (κ2) is 6.57. The zero-order valence-electron chi connectivity index (χ0n) is 13.2. The zero-order chi connectivity index (χ0) is 14.8. The predicted octanol–water partition coefficient (Wildman–Crippen LogP) is 2.55. The van der Waals surface area contributed by atoms with Gasteiger partial charge in [0.15, 0.2) is 0 Å². The molecular formula is C17H26N2O2S. The molecule has 0 amide bonds. The van der Waals surface area contributed by atoms with Gasteiger partial charge in [-0.1, -0.05) is 0 Å². The summed E-state index contributed by atoms with van der Waals surface area (Å²) in [4.78, 5) is 5.47. The van der Waals surface area contributed by atoms with E-state index in [0.717, 1.165) is 58.8 Å². The van der Waals surface area contributed by atoms with Crippen LogP contribution < -0.4 is 5.32 Å². The monoisotopic (exact) mass is 322 g/mol. The third-order valence-electron chi connectivity index (χ3n) is 5.21. The molecule has 3 aliphatic heterocycles. The summed E-state index contributed by atoms with van der Waals surface area (Å²) in [5.41, 5.74) is 0.118. The highest BCUT2D eigenvalue weighted by molar-refractivity contribution is 7.12. The van der Waals surface area contributed by atoms with Crippen LogP contribution in [0.2, 0.25) is 0 Å². The van der Waals surface area contributed by atoms with Gasteiger partial charge in [-0.15, -0.1) is 11.3 Å². The number of ether oxygens (including phenoxy) is 2. The fourth-order valence-electron chi connectivity index (χ4n) is 3.82. The number of thiophene rings is 1. The lowest BCUT2D eigenvalue weighted by molar-refractivity contribution is -0.100. The molecule has 3 saturated heterocycles. The summed E-state index contributed by atoms with van der Waals surface area (Å²) in [6.07, 6.45) is 5.08. The van der Waals surface area contributed by atoms with Crippen LogP contribution in [0.15, 0.2) is 12.1 Å². The van der Waals surface area contributed by atoms with Gasteiger partial charge in [0.25, 0.3) is 0 Å². The Morgan fingerprint density at radius 3 is 2.91 bits per heavy atom. The van der Waals surface area contributed by atoms with Crippen LogP contribution in [0.4, 0.5) is 0 Å². The minimum atomic E-state index is 0.118. The van der Waals surface area contributed by atoms with Gasteiger partial charge in [-0.2, -0.15) is 0 Å². The summed E-state index contributed by atoms with van der Waals surface area (Å²) in [7, 11) is 0. The van der Waals surface area contributed by atoms with Gasteiger partial charge < -0.3 is 14.8 Å². The van der Waals surface area contributed by atoms with Gasteiger partial charge in [-0.05, 0) is 37.8 Å². The molecule has 5 heteroatoms. The molecule has 1 aromatic rings. The van der Waals surface area contributed by atoms with E-state index in [-0.39, 0.29) is 5.60 Å². The molecule has 0 aromatic carbocycles. The van der Waals surface area contributed by atoms with Crippen LogP contribution in [0.25, 0.3) is 0 Å². The fraction of sp³-hybridized carbons (Fsp3) is 0.765. The van der Waals surface area contributed by atoms with Crippen LogP contribution in [0.3, 0.4) is 0 Å². The number of nitrogens with one attached hydrogen (secondary N) is 1. The Hall–Kier alpha value is -0.460. The van der Waals surface area contributed by atoms with Crippen LogP contribution >= 0.6 is 11.3 Å². The summed E-state index contributed by atoms with van der Waals surface area (Å²) < 4.78 is 11.9. The molecule has 0 bridgehead atoms. The molecule has 0 unspecified atom stereocenters. The maximum absolute atomic E-state index is 6.07. The smallest absolute Gasteiger partial charge is 0.0917 e. The largest absolute Gasteiger partial charge is 0.373 e. The molecule has 3 aliphatic rings. The molecule has 0 radical (unpaired) electrons. The third-order valence-corrected chi connectivity index (χ3v) is 6.37. The second-order valence-electron chi connectivity index (χ2n) is 6.79. The van der Waals surface area contributed by atoms with Crippen molar-refractivity contribution in [1.82, 2.24) is 10.2 Å². The molecule has 0 saturated carbocycles. The quantitative estimate of drug-likeness (QED) is 0.927. The average molecular weight is 322 g/mol. The fourth-order valence-corrected chi connectivity index (χ4v) is 4.96. The topological polar surface area (TPSA) is 33.7 Å². The first kappa shape index (κ1) is 15.1. The molecular weight excluding hydrogens is 296 g/mol. The number of nitrogens with zero attached hydrogens (tertiary/aromatic N) is 1. The van der Waals surface area contributed by atoms with E-state index in [1.807, 2.05) is 11.3 Å². The van der Waals surface area contributed by atoms with Crippen LogP contribution in [-0.2, 0) is 16.0 Å². The Kier molecular flexibility index (Phi) is 4.51. The van der Waals surface area contributed by atoms with E-state index in [2.05, 4.69) is 22.3 Å². The van der Waals surface area contributed by atoms with Crippen molar-refractivity contribution in [2.24, 2.45) is 0 Å². The summed E-state index contributed by atoms with van der Waals surface area (Å²) in [6, 6.07) is 4.57. The average Bonchev–Trinajstić information content (AvgIpc) is 3.22. The molecule has 122 valence electrons. The van der Waals surface area contributed by atoms with Gasteiger partial charge in [0.2, 0.25) is 0 Å². The van der Waals surface area contributed by atoms with Gasteiger partial charge in [-0.3, -0.25) is 4.90 Å². The van der Waals surface area contributed by atoms with Gasteiger partial charge in [0, 0.05) is 49.1 Å². The van der Waals surface area contributed by atoms with Crippen LogP contribution in [0.5, 0.6) is 0 Å². The summed E-state index contributed by atoms with van der Waals surface area (Å²) in [6.45, 7) is 7.22. The highest BCUT2D eigenvalue weighted by Gasteiger charge is 2.36. The highest BCUT2D eigenvalue weighted by Crippen LogP contribution is 2.34. The molecule has 1 atom stereocenters. The minimum absolute atomic E-state index is 0.118. The normalized spacial score (nSPS) is 29.2. The number of morpholine rings is 1. The molecule has 4 nitrogen and oxygen atoms in total. The molecule has 3 fully saturated rings. The van der Waals surface area contributed by atoms with Crippen molar-refractivity contribution in [3.63, 3.8) is 0 Å². The maximum Gasteiger partial charge on any atom is 0.0917 e. The first-order valence-corrected chi connectivity index (χ1v) is 9.42. The zero-order valence-corrected chi connectivity index (χ0v) is 14.0. The first-order valence-electron chi connectivity index (χ1n) is 8.60. The standard InChI is InChI=1S/C17H26N2O2S/c1-2-15(20-10-1)16-4-3-14(22-16)12-19-8-5-17(6-9-19)13-18-7-11-21-17/h3-4,15,18H,1-2,5-13H2/t15-/m1/s1. The van der Waals surface area contributed by atoms with E-state index in [1.165, 1.54) is 22.6 Å². The Morgan fingerprint density at radius 1 is 1.27 bits per heavy atom. The molecule has 4 heterocycles. The van der Waals surface area contributed by atoms with Crippen LogP contribution in [-0.4, -0.2) is 49.9 Å². The van der Waals surface area contributed by atoms with E-state index in [1.54, 1.807) is 0 Å². The van der Waals surface area contributed by atoms with Gasteiger partial charge in [0.05, 0.1) is 18.3 Å². The summed E-state index contributed by atoms with van der Waals surface area (Å²) >= 11 is 1.94. The van der Waals surface area contributed by atoms with E-state index in [0.29, 0.717) is 6.10 Å². The van der Waals surface area contributed by atoms with E-state index < -0.39 is 0 Å². The van der Waals surface area contributed by atoms with Crippen molar-refractivity contribution in [3.8, 4) is 0 Å². The Bertz CT molecular complexity index is 483. The molecule has 4 rings (SSSR count). The lowest BCUT2D eigenvalue weighted by atomic mass is 9.90. The number of piperidine rings is 1. The number of hydrogen-bond donors (Lipinski definition) is 1. The van der Waals surface area contributed by atoms with Crippen LogP contribution in [0.1, 0.15) is 41.5 Å². The Morgan fingerprint density at radius 2 is 2.18 bits per heavy atom. The van der Waals surface area contributed by atoms with Crippen molar-refractivity contribution in [3.05, 3.63) is 21.9 Å². The first-order chi connectivity index (χ1) is 10.8. The minimum Gasteiger partial charge on any atom is -0.373 e. The summed E-state index contributed by atoms with van der Waals surface area (Å²) in [5, 5.41) is 3.49. The van der Waals surface area contributed by atoms with E-state index in [4.69, 9.17) is 9.47 Å². The molecule has 1 N–H and O–H groups in total. The number of likely N-dealkylation sites (tertiary alicyclic amines) is 1. The van der Waals surface area contributed by atoms with Crippen molar-refractivity contribution in [2.45, 2.75) is 43.9 Å². The number of rotatable bonds is 3. The molecule has 22 heavy (non-hydrogen) atoms. The second-order valence-corrected chi connectivity index (χ2v) is 7.99. The Balaban J connectivity index is 1.31. The van der Waals surface area contributed by atoms with Crippen molar-refractivity contribution in [2.75, 3.05) is 39.4 Å². The van der Waals surface area contributed by atoms with Crippen molar-refractivity contribution in [1.29, 1.82) is 0 Å². The van der Waals surface area contributed by atoms with E-state index >= 15 is 0 Å². The predicted molar refractivity (Wildman–Crippen MR) is 88.3 cm³/mol.